The van der Waals surface area contributed by atoms with Crippen molar-refractivity contribution < 1.29 is 36.6 Å². The first kappa shape index (κ1) is 21.3. The van der Waals surface area contributed by atoms with E-state index in [0.717, 1.165) is 17.2 Å². The third-order valence-electron chi connectivity index (χ3n) is 5.40. The van der Waals surface area contributed by atoms with Gasteiger partial charge in [-0.15, -0.1) is 0 Å². The van der Waals surface area contributed by atoms with Gasteiger partial charge >= 0.3 is 12.1 Å². The van der Waals surface area contributed by atoms with Crippen LogP contribution in [0.3, 0.4) is 0 Å². The van der Waals surface area contributed by atoms with Crippen LogP contribution in [0.5, 0.6) is 5.75 Å². The van der Waals surface area contributed by atoms with Crippen molar-refractivity contribution in [3.8, 4) is 5.75 Å². The Kier molecular flexibility index (Phi) is 5.25. The minimum atomic E-state index is -4.66. The van der Waals surface area contributed by atoms with Crippen LogP contribution in [0.1, 0.15) is 28.7 Å². The molecule has 1 heterocycles. The summed E-state index contributed by atoms with van der Waals surface area (Å²) in [6.45, 7) is -1.17. The van der Waals surface area contributed by atoms with E-state index in [2.05, 4.69) is 5.32 Å². The number of rotatable bonds is 2. The molecule has 2 aromatic rings. The van der Waals surface area contributed by atoms with Gasteiger partial charge in [-0.25, -0.2) is 0 Å². The molecule has 1 aliphatic carbocycles. The van der Waals surface area contributed by atoms with E-state index in [9.17, 15) is 31.9 Å². The summed E-state index contributed by atoms with van der Waals surface area (Å²) < 4.78 is 72.6. The number of benzene rings is 2. The van der Waals surface area contributed by atoms with Gasteiger partial charge in [0.15, 0.2) is 6.61 Å². The van der Waals surface area contributed by atoms with Gasteiger partial charge in [-0.3, -0.25) is 4.79 Å². The number of halogens is 5. The largest absolute Gasteiger partial charge is 0.486 e. The summed E-state index contributed by atoms with van der Waals surface area (Å²) in [4.78, 5) is 12.6. The van der Waals surface area contributed by atoms with Gasteiger partial charge in [0, 0.05) is 29.3 Å². The first-order valence-electron chi connectivity index (χ1n) is 9.59. The highest BCUT2D eigenvalue weighted by Gasteiger charge is 2.43. The van der Waals surface area contributed by atoms with E-state index in [4.69, 9.17) is 4.74 Å². The molecule has 0 bridgehead atoms. The molecule has 4 nitrogen and oxygen atoms in total. The fourth-order valence-electron chi connectivity index (χ4n) is 3.85. The van der Waals surface area contributed by atoms with Crippen molar-refractivity contribution in [1.82, 2.24) is 0 Å². The Bertz CT molecular complexity index is 1060. The number of aliphatic hydroxyl groups excluding tert-OH is 1. The SMILES string of the molecule is O=C(C=C1c2ccc(C(F)(F)F)cc2OCC1(F)F)Nc1cccc2c1CC(O)CC2. The predicted molar refractivity (Wildman–Crippen MR) is 103 cm³/mol. The smallest absolute Gasteiger partial charge is 0.416 e. The number of alkyl halides is 5. The molecule has 1 amide bonds. The molecule has 0 fully saturated rings. The van der Waals surface area contributed by atoms with Gasteiger partial charge < -0.3 is 15.2 Å². The quantitative estimate of drug-likeness (QED) is 0.531. The number of fused-ring (bicyclic) bond motifs is 2. The highest BCUT2D eigenvalue weighted by Crippen LogP contribution is 2.44. The molecule has 0 radical (unpaired) electrons. The topological polar surface area (TPSA) is 58.6 Å². The molecular formula is C22H18F5NO3. The number of nitrogens with one attached hydrogen (secondary N) is 1. The molecule has 0 aromatic heterocycles. The van der Waals surface area contributed by atoms with Crippen LogP contribution < -0.4 is 10.1 Å². The van der Waals surface area contributed by atoms with Crippen LogP contribution in [0.2, 0.25) is 0 Å². The molecule has 9 heteroatoms. The average molecular weight is 439 g/mol. The molecule has 2 aliphatic rings. The van der Waals surface area contributed by atoms with E-state index >= 15 is 0 Å². The number of aryl methyl sites for hydroxylation is 1. The lowest BCUT2D eigenvalue weighted by Crippen LogP contribution is -2.32. The van der Waals surface area contributed by atoms with Crippen LogP contribution >= 0.6 is 0 Å². The van der Waals surface area contributed by atoms with Crippen molar-refractivity contribution in [2.45, 2.75) is 37.5 Å². The zero-order chi connectivity index (χ0) is 22.4. The highest BCUT2D eigenvalue weighted by atomic mass is 19.4. The zero-order valence-electron chi connectivity index (χ0n) is 16.1. The monoisotopic (exact) mass is 439 g/mol. The summed E-state index contributed by atoms with van der Waals surface area (Å²) in [7, 11) is 0. The summed E-state index contributed by atoms with van der Waals surface area (Å²) in [6.07, 6.45) is -2.97. The summed E-state index contributed by atoms with van der Waals surface area (Å²) in [5, 5.41) is 12.5. The van der Waals surface area contributed by atoms with Crippen molar-refractivity contribution in [2.75, 3.05) is 11.9 Å². The van der Waals surface area contributed by atoms with Gasteiger partial charge in [0.1, 0.15) is 5.75 Å². The summed E-state index contributed by atoms with van der Waals surface area (Å²) in [5.41, 5.74) is 0.0738. The lowest BCUT2D eigenvalue weighted by molar-refractivity contribution is -0.137. The molecule has 2 N–H and O–H groups in total. The van der Waals surface area contributed by atoms with Crippen LogP contribution in [0.15, 0.2) is 42.5 Å². The Morgan fingerprint density at radius 1 is 1.23 bits per heavy atom. The Hall–Kier alpha value is -2.94. The van der Waals surface area contributed by atoms with Crippen molar-refractivity contribution in [3.63, 3.8) is 0 Å². The fourth-order valence-corrected chi connectivity index (χ4v) is 3.85. The van der Waals surface area contributed by atoms with Gasteiger partial charge in [-0.2, -0.15) is 22.0 Å². The summed E-state index contributed by atoms with van der Waals surface area (Å²) in [6, 6.07) is 7.40. The second-order valence-corrected chi connectivity index (χ2v) is 7.59. The molecular weight excluding hydrogens is 421 g/mol. The minimum Gasteiger partial charge on any atom is -0.486 e. The molecule has 0 saturated carbocycles. The van der Waals surface area contributed by atoms with E-state index < -0.39 is 41.9 Å². The zero-order valence-corrected chi connectivity index (χ0v) is 16.1. The maximum atomic E-state index is 14.5. The van der Waals surface area contributed by atoms with Crippen LogP contribution in [-0.2, 0) is 23.8 Å². The van der Waals surface area contributed by atoms with Crippen molar-refractivity contribution >= 4 is 17.2 Å². The fraction of sp³-hybridized carbons (Fsp3) is 0.318. The first-order chi connectivity index (χ1) is 14.5. The number of hydrogen-bond donors (Lipinski definition) is 2. The van der Waals surface area contributed by atoms with Gasteiger partial charge in [0.2, 0.25) is 5.91 Å². The van der Waals surface area contributed by atoms with E-state index in [1.165, 1.54) is 0 Å². The standard InChI is InChI=1S/C22H18F5NO3/c23-21(24)11-31-19-8-13(22(25,26)27)5-7-15(19)17(21)10-20(30)28-18-3-1-2-12-4-6-14(29)9-16(12)18/h1-3,5,7-8,10,14,29H,4,6,9,11H2,(H,28,30). The van der Waals surface area contributed by atoms with Crippen molar-refractivity contribution in [2.24, 2.45) is 0 Å². The number of aliphatic hydroxyl groups is 1. The molecule has 4 rings (SSSR count). The second kappa shape index (κ2) is 7.64. The Balaban J connectivity index is 1.66. The number of ether oxygens (including phenoxy) is 1. The summed E-state index contributed by atoms with van der Waals surface area (Å²) in [5.74, 6) is -4.77. The third kappa shape index (κ3) is 4.27. The van der Waals surface area contributed by atoms with Gasteiger partial charge in [0.05, 0.1) is 11.7 Å². The van der Waals surface area contributed by atoms with Crippen LogP contribution in [0.25, 0.3) is 5.57 Å². The number of anilines is 1. The Morgan fingerprint density at radius 3 is 2.74 bits per heavy atom. The van der Waals surface area contributed by atoms with Gasteiger partial charge in [0.25, 0.3) is 0 Å². The molecule has 1 atom stereocenters. The Morgan fingerprint density at radius 2 is 2.00 bits per heavy atom. The second-order valence-electron chi connectivity index (χ2n) is 7.59. The maximum Gasteiger partial charge on any atom is 0.416 e. The maximum absolute atomic E-state index is 14.5. The third-order valence-corrected chi connectivity index (χ3v) is 5.40. The molecule has 1 unspecified atom stereocenters. The number of carbonyl (C=O) groups is 1. The van der Waals surface area contributed by atoms with Crippen LogP contribution in [-0.4, -0.2) is 29.6 Å². The molecule has 164 valence electrons. The van der Waals surface area contributed by atoms with Crippen LogP contribution in [0, 0.1) is 0 Å². The van der Waals surface area contributed by atoms with Crippen molar-refractivity contribution in [3.05, 3.63) is 64.7 Å². The minimum absolute atomic E-state index is 0.273. The van der Waals surface area contributed by atoms with E-state index in [-0.39, 0.29) is 11.3 Å². The normalized spacial score (nSPS) is 21.1. The van der Waals surface area contributed by atoms with Crippen LogP contribution in [0.4, 0.5) is 27.6 Å². The Labute approximate surface area is 174 Å². The van der Waals surface area contributed by atoms with E-state index in [1.54, 1.807) is 12.1 Å². The number of carbonyl (C=O) groups excluding carboxylic acids is 1. The number of hydrogen-bond acceptors (Lipinski definition) is 3. The molecule has 31 heavy (non-hydrogen) atoms. The van der Waals surface area contributed by atoms with Gasteiger partial charge in [-0.1, -0.05) is 18.2 Å². The number of amides is 1. The lowest BCUT2D eigenvalue weighted by Gasteiger charge is -2.28. The molecule has 1 aliphatic heterocycles. The van der Waals surface area contributed by atoms with E-state index in [0.29, 0.717) is 43.2 Å². The summed E-state index contributed by atoms with van der Waals surface area (Å²) >= 11 is 0. The predicted octanol–water partition coefficient (Wildman–Crippen LogP) is 4.60. The molecule has 0 saturated heterocycles. The van der Waals surface area contributed by atoms with Crippen molar-refractivity contribution in [1.29, 1.82) is 0 Å². The average Bonchev–Trinajstić information content (AvgIpc) is 2.69. The molecule has 0 spiro atoms. The lowest BCUT2D eigenvalue weighted by atomic mass is 9.88. The highest BCUT2D eigenvalue weighted by molar-refractivity contribution is 6.05. The van der Waals surface area contributed by atoms with Gasteiger partial charge in [-0.05, 0) is 42.2 Å². The molecule has 2 aromatic carbocycles. The first-order valence-corrected chi connectivity index (χ1v) is 9.59. The van der Waals surface area contributed by atoms with E-state index in [1.807, 2.05) is 6.07 Å².